The fraction of sp³-hybridized carbons (Fsp3) is 0.364. The Labute approximate surface area is 188 Å². The van der Waals surface area contributed by atoms with E-state index in [1.165, 1.54) is 12.1 Å². The van der Waals surface area contributed by atoms with Gasteiger partial charge in [-0.3, -0.25) is 24.3 Å². The van der Waals surface area contributed by atoms with E-state index in [2.05, 4.69) is 10.6 Å². The molecular weight excluding hydrogens is 433 g/mol. The number of halogens is 1. The molecule has 0 bridgehead atoms. The number of hydrogen-bond donors (Lipinski definition) is 3. The van der Waals surface area contributed by atoms with Crippen LogP contribution in [0.25, 0.3) is 5.69 Å². The molecule has 4 N–H and O–H groups in total. The first-order chi connectivity index (χ1) is 15.5. The van der Waals surface area contributed by atoms with Gasteiger partial charge in [-0.2, -0.15) is 0 Å². The molecule has 0 spiro atoms. The van der Waals surface area contributed by atoms with E-state index in [4.69, 9.17) is 10.5 Å². The van der Waals surface area contributed by atoms with Crippen LogP contribution in [0.3, 0.4) is 0 Å². The van der Waals surface area contributed by atoms with Gasteiger partial charge in [-0.05, 0) is 39.3 Å². The Balaban J connectivity index is 1.69. The molecule has 10 nitrogen and oxygen atoms in total. The number of nitrogen functional groups attached to an aromatic ring is 1. The van der Waals surface area contributed by atoms with Gasteiger partial charge in [0.25, 0.3) is 17.4 Å². The van der Waals surface area contributed by atoms with Crippen molar-refractivity contribution in [2.45, 2.75) is 38.8 Å². The quantitative estimate of drug-likeness (QED) is 0.595. The van der Waals surface area contributed by atoms with E-state index in [9.17, 15) is 19.2 Å². The summed E-state index contributed by atoms with van der Waals surface area (Å²) in [4.78, 5) is 50.9. The van der Waals surface area contributed by atoms with Crippen LogP contribution >= 0.6 is 0 Å². The topological polar surface area (TPSA) is 136 Å². The van der Waals surface area contributed by atoms with Crippen LogP contribution in [0, 0.1) is 5.82 Å². The van der Waals surface area contributed by atoms with Gasteiger partial charge in [-0.15, -0.1) is 0 Å². The van der Waals surface area contributed by atoms with E-state index in [-0.39, 0.29) is 28.7 Å². The average Bonchev–Trinajstić information content (AvgIpc) is 3.25. The second-order valence-corrected chi connectivity index (χ2v) is 8.96. The highest BCUT2D eigenvalue weighted by Crippen LogP contribution is 2.32. The Morgan fingerprint density at radius 3 is 2.67 bits per heavy atom. The van der Waals surface area contributed by atoms with Crippen LogP contribution in [-0.2, 0) is 4.74 Å². The van der Waals surface area contributed by atoms with Crippen LogP contribution in [0.4, 0.5) is 20.7 Å². The zero-order valence-electron chi connectivity index (χ0n) is 18.4. The number of nitrogens with one attached hydrogen (secondary N) is 2. The molecule has 33 heavy (non-hydrogen) atoms. The second-order valence-electron chi connectivity index (χ2n) is 8.96. The maximum absolute atomic E-state index is 15.1. The molecule has 0 radical (unpaired) electrons. The van der Waals surface area contributed by atoms with Gasteiger partial charge >= 0.3 is 6.09 Å². The summed E-state index contributed by atoms with van der Waals surface area (Å²) in [6.45, 7) is 6.10. The van der Waals surface area contributed by atoms with Crippen LogP contribution in [0.2, 0.25) is 0 Å². The van der Waals surface area contributed by atoms with Crippen molar-refractivity contribution in [1.82, 2.24) is 15.2 Å². The lowest BCUT2D eigenvalue weighted by Crippen LogP contribution is -2.40. The number of nitrogens with two attached hydrogens (primary N) is 1. The van der Waals surface area contributed by atoms with Gasteiger partial charge in [0.05, 0.1) is 22.9 Å². The van der Waals surface area contributed by atoms with Gasteiger partial charge in [0, 0.05) is 19.2 Å². The molecule has 1 aromatic heterocycles. The highest BCUT2D eigenvalue weighted by molar-refractivity contribution is 6.23. The van der Waals surface area contributed by atoms with Crippen LogP contribution in [0.1, 0.15) is 47.9 Å². The molecule has 11 heteroatoms. The van der Waals surface area contributed by atoms with Crippen LogP contribution in [0.15, 0.2) is 29.1 Å². The Kier molecular flexibility index (Phi) is 5.35. The lowest BCUT2D eigenvalue weighted by Gasteiger charge is -2.25. The number of hydrogen-bond acceptors (Lipinski definition) is 7. The van der Waals surface area contributed by atoms with Crippen molar-refractivity contribution >= 4 is 29.4 Å². The molecule has 0 aliphatic carbocycles. The third-order valence-electron chi connectivity index (χ3n) is 5.39. The summed E-state index contributed by atoms with van der Waals surface area (Å²) < 4.78 is 21.3. The fourth-order valence-electron chi connectivity index (χ4n) is 4.06. The highest BCUT2D eigenvalue weighted by atomic mass is 19.1. The Bertz CT molecular complexity index is 1230. The van der Waals surface area contributed by atoms with Crippen LogP contribution < -0.4 is 26.8 Å². The number of carbonyl (C=O) groups excluding carboxylic acids is 3. The van der Waals surface area contributed by atoms with E-state index in [0.29, 0.717) is 25.2 Å². The van der Waals surface area contributed by atoms with Crippen LogP contribution in [0.5, 0.6) is 0 Å². The molecule has 0 saturated carbocycles. The molecule has 4 rings (SSSR count). The maximum Gasteiger partial charge on any atom is 0.407 e. The lowest BCUT2D eigenvalue weighted by molar-refractivity contribution is 0.0508. The predicted octanol–water partition coefficient (Wildman–Crippen LogP) is 1.55. The minimum atomic E-state index is -0.748. The Morgan fingerprint density at radius 1 is 1.24 bits per heavy atom. The van der Waals surface area contributed by atoms with E-state index in [1.54, 1.807) is 26.8 Å². The summed E-state index contributed by atoms with van der Waals surface area (Å²) in [6, 6.07) is 5.01. The minimum absolute atomic E-state index is 0.132. The van der Waals surface area contributed by atoms with Crippen molar-refractivity contribution in [2.24, 2.45) is 0 Å². The average molecular weight is 457 g/mol. The lowest BCUT2D eigenvalue weighted by atomic mass is 10.1. The molecule has 3 amide bonds. The molecule has 2 aromatic rings. The van der Waals surface area contributed by atoms with Crippen molar-refractivity contribution in [1.29, 1.82) is 0 Å². The zero-order chi connectivity index (χ0) is 24.1. The van der Waals surface area contributed by atoms with Crippen molar-refractivity contribution in [3.8, 4) is 5.69 Å². The number of anilines is 2. The number of pyridine rings is 1. The summed E-state index contributed by atoms with van der Waals surface area (Å²) in [5.74, 6) is -2.53. The van der Waals surface area contributed by atoms with E-state index >= 15 is 4.39 Å². The molecule has 1 saturated heterocycles. The van der Waals surface area contributed by atoms with Gasteiger partial charge in [-0.1, -0.05) is 6.07 Å². The van der Waals surface area contributed by atoms with Crippen molar-refractivity contribution in [2.75, 3.05) is 23.7 Å². The first-order valence-corrected chi connectivity index (χ1v) is 10.4. The van der Waals surface area contributed by atoms with E-state index in [0.717, 1.165) is 10.6 Å². The summed E-state index contributed by atoms with van der Waals surface area (Å²) >= 11 is 0. The number of alkyl carbamates (subject to hydrolysis) is 1. The van der Waals surface area contributed by atoms with Gasteiger partial charge in [0.2, 0.25) is 0 Å². The normalized spacial score (nSPS) is 17.7. The van der Waals surface area contributed by atoms with Crippen molar-refractivity contribution in [3.63, 3.8) is 0 Å². The summed E-state index contributed by atoms with van der Waals surface area (Å²) in [7, 11) is 0. The van der Waals surface area contributed by atoms with E-state index < -0.39 is 34.9 Å². The first kappa shape index (κ1) is 22.3. The molecular formula is C22H24FN5O5. The highest BCUT2D eigenvalue weighted by Gasteiger charge is 2.34. The number of carbonyl (C=O) groups is 3. The summed E-state index contributed by atoms with van der Waals surface area (Å²) in [5.41, 5.74) is 4.64. The number of para-hydroxylation sites is 1. The molecule has 174 valence electrons. The number of imide groups is 1. The van der Waals surface area contributed by atoms with E-state index in [1.807, 2.05) is 4.90 Å². The number of ether oxygens (including phenoxy) is 1. The molecule has 2 aliphatic rings. The molecule has 1 atom stereocenters. The second kappa shape index (κ2) is 7.91. The van der Waals surface area contributed by atoms with Crippen molar-refractivity contribution in [3.05, 3.63) is 51.6 Å². The fourth-order valence-corrected chi connectivity index (χ4v) is 4.06. The Hall–Kier alpha value is -3.89. The SMILES string of the molecule is CC(C)(C)OC(=O)NC1CCN(c2cccc(F)c2-n2c(N)c3c(cc2=O)C(=O)NC3=O)C1. The molecule has 1 unspecified atom stereocenters. The summed E-state index contributed by atoms with van der Waals surface area (Å²) in [6.07, 6.45) is 0.0179. The van der Waals surface area contributed by atoms with Gasteiger partial charge in [0.1, 0.15) is 22.9 Å². The van der Waals surface area contributed by atoms with Gasteiger partial charge in [-0.25, -0.2) is 9.18 Å². The standard InChI is InChI=1S/C22H24FN5O5/c1-22(2,3)33-21(32)25-11-7-8-27(10-11)14-6-4-5-13(23)17(14)28-15(29)9-12-16(18(28)24)20(31)26-19(12)30/h4-6,9,11H,7-8,10,24H2,1-3H3,(H,25,32)(H,26,30,31). The Morgan fingerprint density at radius 2 is 1.97 bits per heavy atom. The van der Waals surface area contributed by atoms with Gasteiger partial charge in [0.15, 0.2) is 0 Å². The number of nitrogens with zero attached hydrogens (tertiary/aromatic N) is 2. The molecule has 1 fully saturated rings. The third-order valence-corrected chi connectivity index (χ3v) is 5.39. The molecule has 1 aromatic carbocycles. The van der Waals surface area contributed by atoms with Crippen LogP contribution in [-0.4, -0.2) is 47.2 Å². The van der Waals surface area contributed by atoms with Gasteiger partial charge < -0.3 is 20.7 Å². The third kappa shape index (κ3) is 4.13. The predicted molar refractivity (Wildman–Crippen MR) is 118 cm³/mol. The molecule has 3 heterocycles. The van der Waals surface area contributed by atoms with Crippen molar-refractivity contribution < 1.29 is 23.5 Å². The smallest absolute Gasteiger partial charge is 0.407 e. The number of fused-ring (bicyclic) bond motifs is 1. The largest absolute Gasteiger partial charge is 0.444 e. The number of amides is 3. The number of aromatic nitrogens is 1. The number of rotatable bonds is 3. The zero-order valence-corrected chi connectivity index (χ0v) is 18.4. The minimum Gasteiger partial charge on any atom is -0.444 e. The monoisotopic (exact) mass is 457 g/mol. The maximum atomic E-state index is 15.1. The number of benzene rings is 1. The summed E-state index contributed by atoms with van der Waals surface area (Å²) in [5, 5.41) is 4.88. The molecule has 2 aliphatic heterocycles. The first-order valence-electron chi connectivity index (χ1n) is 10.4.